The molecule has 0 saturated carbocycles. The van der Waals surface area contributed by atoms with Gasteiger partial charge in [-0.3, -0.25) is 0 Å². The lowest BCUT2D eigenvalue weighted by Crippen LogP contribution is -2.37. The second-order valence-corrected chi connectivity index (χ2v) is 14.1. The van der Waals surface area contributed by atoms with Crippen molar-refractivity contribution in [3.63, 3.8) is 0 Å². The Morgan fingerprint density at radius 1 is 0.569 bits per heavy atom. The SMILES string of the molecule is CC1(c2ccc3c(c2)c2cccc4c5ccccc5n3c42)C=c2c(n(-c3ccccc3)c3c(-c4ccccc4)nc(-c4ccccc4)nc23)=CC1. The highest BCUT2D eigenvalue weighted by molar-refractivity contribution is 6.23. The first-order valence-corrected chi connectivity index (χ1v) is 17.7. The number of nitrogens with zero attached hydrogens (tertiary/aromatic N) is 4. The molecule has 0 aliphatic heterocycles. The highest BCUT2D eigenvalue weighted by Gasteiger charge is 2.30. The smallest absolute Gasteiger partial charge is 0.160 e. The van der Waals surface area contributed by atoms with Gasteiger partial charge in [0, 0.05) is 49.0 Å². The molecule has 4 nitrogen and oxygen atoms in total. The van der Waals surface area contributed by atoms with Gasteiger partial charge in [0.25, 0.3) is 0 Å². The fourth-order valence-electron chi connectivity index (χ4n) is 8.59. The minimum absolute atomic E-state index is 0.254. The van der Waals surface area contributed by atoms with Gasteiger partial charge in [-0.2, -0.15) is 0 Å². The van der Waals surface area contributed by atoms with Crippen molar-refractivity contribution in [1.82, 2.24) is 18.9 Å². The van der Waals surface area contributed by atoms with E-state index in [0.717, 1.165) is 51.0 Å². The van der Waals surface area contributed by atoms with E-state index in [1.54, 1.807) is 0 Å². The summed E-state index contributed by atoms with van der Waals surface area (Å²) in [5, 5.41) is 7.54. The summed E-state index contributed by atoms with van der Waals surface area (Å²) in [5.74, 6) is 0.732. The van der Waals surface area contributed by atoms with Crippen LogP contribution < -0.4 is 10.6 Å². The molecule has 11 rings (SSSR count). The summed E-state index contributed by atoms with van der Waals surface area (Å²) in [6.07, 6.45) is 5.76. The topological polar surface area (TPSA) is 35.1 Å². The maximum absolute atomic E-state index is 5.40. The van der Waals surface area contributed by atoms with Gasteiger partial charge in [-0.1, -0.05) is 140 Å². The van der Waals surface area contributed by atoms with Crippen LogP contribution in [-0.4, -0.2) is 18.9 Å². The standard InChI is InChI=1S/C47H32N4/c1-47(32-24-25-40-37(28-32)36-22-13-21-35-34-20-11-12-23-39(34)51(40)44(35)36)27-26-41-38(29-47)43-45(50(41)33-18-9-4-10-19-33)42(30-14-5-2-6-15-30)48-46(49-43)31-16-7-3-8-17-31/h2-26,28-29H,27H2,1H3. The van der Waals surface area contributed by atoms with E-state index in [-0.39, 0.29) is 5.41 Å². The molecule has 1 unspecified atom stereocenters. The molecule has 0 saturated heterocycles. The number of hydrogen-bond acceptors (Lipinski definition) is 2. The molecule has 10 aromatic rings. The van der Waals surface area contributed by atoms with Crippen LogP contribution in [0.15, 0.2) is 152 Å². The van der Waals surface area contributed by atoms with E-state index in [0.29, 0.717) is 0 Å². The molecule has 6 aromatic carbocycles. The summed E-state index contributed by atoms with van der Waals surface area (Å²) in [4.78, 5) is 10.7. The van der Waals surface area contributed by atoms with Crippen LogP contribution >= 0.6 is 0 Å². The van der Waals surface area contributed by atoms with Gasteiger partial charge in [-0.25, -0.2) is 9.97 Å². The third-order valence-corrected chi connectivity index (χ3v) is 11.0. The third kappa shape index (κ3) is 4.02. The van der Waals surface area contributed by atoms with E-state index >= 15 is 0 Å². The Balaban J connectivity index is 1.21. The largest absolute Gasteiger partial charge is 0.308 e. The zero-order valence-electron chi connectivity index (χ0n) is 28.1. The molecule has 51 heavy (non-hydrogen) atoms. The van der Waals surface area contributed by atoms with Crippen molar-refractivity contribution in [2.45, 2.75) is 18.8 Å². The van der Waals surface area contributed by atoms with Crippen molar-refractivity contribution in [2.24, 2.45) is 0 Å². The van der Waals surface area contributed by atoms with Gasteiger partial charge in [0.1, 0.15) is 5.52 Å². The number of benzene rings is 6. The molecule has 1 atom stereocenters. The lowest BCUT2D eigenvalue weighted by Gasteiger charge is -2.27. The molecule has 0 bridgehead atoms. The van der Waals surface area contributed by atoms with E-state index in [9.17, 15) is 0 Å². The Hall–Kier alpha value is -6.52. The van der Waals surface area contributed by atoms with Crippen molar-refractivity contribution in [3.05, 3.63) is 168 Å². The predicted molar refractivity (Wildman–Crippen MR) is 211 cm³/mol. The predicted octanol–water partition coefficient (Wildman–Crippen LogP) is 9.83. The lowest BCUT2D eigenvalue weighted by molar-refractivity contribution is 0.652. The number of fused-ring (bicyclic) bond motifs is 9. The first-order valence-electron chi connectivity index (χ1n) is 17.7. The quantitative estimate of drug-likeness (QED) is 0.190. The van der Waals surface area contributed by atoms with Crippen LogP contribution in [0.3, 0.4) is 0 Å². The molecule has 1 aliphatic carbocycles. The Kier molecular flexibility index (Phi) is 5.83. The molecule has 0 radical (unpaired) electrons. The van der Waals surface area contributed by atoms with E-state index in [1.807, 2.05) is 6.07 Å². The Morgan fingerprint density at radius 2 is 1.22 bits per heavy atom. The molecule has 0 spiro atoms. The number of aromatic nitrogens is 4. The maximum atomic E-state index is 5.40. The maximum Gasteiger partial charge on any atom is 0.160 e. The number of rotatable bonds is 4. The van der Waals surface area contributed by atoms with Gasteiger partial charge in [0.05, 0.1) is 33.1 Å². The Bertz CT molecular complexity index is 3100. The van der Waals surface area contributed by atoms with Gasteiger partial charge in [0.15, 0.2) is 5.82 Å². The molecular weight excluding hydrogens is 621 g/mol. The molecule has 4 heteroatoms. The summed E-state index contributed by atoms with van der Waals surface area (Å²) >= 11 is 0. The van der Waals surface area contributed by atoms with Crippen LogP contribution in [0.5, 0.6) is 0 Å². The summed E-state index contributed by atoms with van der Waals surface area (Å²) in [6, 6.07) is 54.2. The van der Waals surface area contributed by atoms with Crippen LogP contribution in [0, 0.1) is 0 Å². The van der Waals surface area contributed by atoms with Crippen LogP contribution in [0.1, 0.15) is 18.9 Å². The average Bonchev–Trinajstić information content (AvgIpc) is 3.83. The van der Waals surface area contributed by atoms with Gasteiger partial charge < -0.3 is 8.97 Å². The highest BCUT2D eigenvalue weighted by atomic mass is 15.0. The van der Waals surface area contributed by atoms with E-state index in [4.69, 9.17) is 9.97 Å². The monoisotopic (exact) mass is 652 g/mol. The third-order valence-electron chi connectivity index (χ3n) is 11.0. The highest BCUT2D eigenvalue weighted by Crippen LogP contribution is 2.42. The molecule has 4 aromatic heterocycles. The Morgan fingerprint density at radius 3 is 2.00 bits per heavy atom. The van der Waals surface area contributed by atoms with Crippen molar-refractivity contribution in [1.29, 1.82) is 0 Å². The molecule has 4 heterocycles. The van der Waals surface area contributed by atoms with Crippen molar-refractivity contribution < 1.29 is 0 Å². The summed E-state index contributed by atoms with van der Waals surface area (Å²) in [7, 11) is 0. The van der Waals surface area contributed by atoms with E-state index in [1.165, 1.54) is 49.0 Å². The van der Waals surface area contributed by atoms with Crippen LogP contribution in [0.25, 0.3) is 89.6 Å². The van der Waals surface area contributed by atoms with E-state index in [2.05, 4.69) is 174 Å². The molecule has 1 aliphatic rings. The molecule has 240 valence electrons. The van der Waals surface area contributed by atoms with Crippen LogP contribution in [-0.2, 0) is 5.41 Å². The van der Waals surface area contributed by atoms with Crippen LogP contribution in [0.2, 0.25) is 0 Å². The second-order valence-electron chi connectivity index (χ2n) is 14.1. The minimum atomic E-state index is -0.254. The average molecular weight is 653 g/mol. The first-order chi connectivity index (χ1) is 25.2. The summed E-state index contributed by atoms with van der Waals surface area (Å²) in [5.41, 5.74) is 11.0. The molecular formula is C47H32N4. The van der Waals surface area contributed by atoms with Gasteiger partial charge in [0.2, 0.25) is 0 Å². The van der Waals surface area contributed by atoms with Crippen molar-refractivity contribution in [2.75, 3.05) is 0 Å². The Labute approximate surface area is 294 Å². The van der Waals surface area contributed by atoms with Crippen molar-refractivity contribution >= 4 is 61.3 Å². The summed E-state index contributed by atoms with van der Waals surface area (Å²) < 4.78 is 4.83. The fraction of sp³-hybridized carbons (Fsp3) is 0.0638. The number of hydrogen-bond donors (Lipinski definition) is 0. The zero-order valence-corrected chi connectivity index (χ0v) is 28.1. The lowest BCUT2D eigenvalue weighted by atomic mass is 9.76. The molecule has 0 amide bonds. The molecule has 0 N–H and O–H groups in total. The van der Waals surface area contributed by atoms with Crippen LogP contribution in [0.4, 0.5) is 0 Å². The second kappa shape index (κ2) is 10.5. The summed E-state index contributed by atoms with van der Waals surface area (Å²) in [6.45, 7) is 2.38. The zero-order chi connectivity index (χ0) is 33.7. The van der Waals surface area contributed by atoms with Crippen molar-refractivity contribution in [3.8, 4) is 28.3 Å². The fourth-order valence-corrected chi connectivity index (χ4v) is 8.59. The first kappa shape index (κ1) is 28.3. The van der Waals surface area contributed by atoms with Gasteiger partial charge in [-0.15, -0.1) is 0 Å². The van der Waals surface area contributed by atoms with Gasteiger partial charge >= 0.3 is 0 Å². The van der Waals surface area contributed by atoms with Gasteiger partial charge in [-0.05, 0) is 42.3 Å². The molecule has 0 fully saturated rings. The normalized spacial score (nSPS) is 15.9. The minimum Gasteiger partial charge on any atom is -0.308 e. The number of para-hydroxylation sites is 3. The van der Waals surface area contributed by atoms with E-state index < -0.39 is 0 Å².